The topological polar surface area (TPSA) is 94.0 Å². The van der Waals surface area contributed by atoms with Gasteiger partial charge in [-0.25, -0.2) is 4.98 Å². The lowest BCUT2D eigenvalue weighted by Gasteiger charge is -2.22. The van der Waals surface area contributed by atoms with E-state index in [2.05, 4.69) is 25.9 Å². The van der Waals surface area contributed by atoms with Gasteiger partial charge in [-0.15, -0.1) is 5.10 Å². The number of para-hydroxylation sites is 1. The minimum atomic E-state index is -0.242. The maximum absolute atomic E-state index is 12.3. The number of ether oxygens (including phenoxy) is 1. The molecule has 29 heavy (non-hydrogen) atoms. The number of hydrogen-bond acceptors (Lipinski definition) is 6. The maximum atomic E-state index is 12.3. The van der Waals surface area contributed by atoms with E-state index in [-0.39, 0.29) is 5.91 Å². The monoisotopic (exact) mass is 394 g/mol. The van der Waals surface area contributed by atoms with Gasteiger partial charge in [0, 0.05) is 17.6 Å². The molecule has 8 heteroatoms. The van der Waals surface area contributed by atoms with Gasteiger partial charge in [-0.1, -0.05) is 23.4 Å². The van der Waals surface area contributed by atoms with Gasteiger partial charge >= 0.3 is 0 Å². The van der Waals surface area contributed by atoms with Crippen LogP contribution in [0.15, 0.2) is 36.5 Å². The number of pyridine rings is 1. The summed E-state index contributed by atoms with van der Waals surface area (Å²) in [5.74, 6) is 1.01. The van der Waals surface area contributed by atoms with Crippen LogP contribution in [0.4, 0.5) is 0 Å². The van der Waals surface area contributed by atoms with E-state index in [0.29, 0.717) is 30.5 Å². The first-order valence-corrected chi connectivity index (χ1v) is 10.1. The highest BCUT2D eigenvalue weighted by Crippen LogP contribution is 2.23. The number of benzene rings is 1. The molecule has 1 fully saturated rings. The summed E-state index contributed by atoms with van der Waals surface area (Å²) in [7, 11) is 0. The molecular formula is C21H26N6O2. The van der Waals surface area contributed by atoms with Crippen LogP contribution in [0, 0.1) is 12.8 Å². The second-order valence-electron chi connectivity index (χ2n) is 7.42. The number of carbonyl (C=O) groups excluding carboxylic acids is 1. The molecular weight excluding hydrogens is 368 g/mol. The third kappa shape index (κ3) is 4.89. The molecule has 0 radical (unpaired) electrons. The Hall–Kier alpha value is -3.00. The Bertz CT molecular complexity index is 980. The Kier molecular flexibility index (Phi) is 6.00. The number of aromatic nitrogens is 4. The van der Waals surface area contributed by atoms with Crippen molar-refractivity contribution in [3.63, 3.8) is 0 Å². The lowest BCUT2D eigenvalue weighted by molar-refractivity contribution is 0.0942. The lowest BCUT2D eigenvalue weighted by atomic mass is 10.00. The highest BCUT2D eigenvalue weighted by molar-refractivity contribution is 5.91. The summed E-state index contributed by atoms with van der Waals surface area (Å²) in [4.78, 5) is 16.9. The van der Waals surface area contributed by atoms with Crippen LogP contribution in [0.1, 0.15) is 29.0 Å². The second-order valence-corrected chi connectivity index (χ2v) is 7.42. The van der Waals surface area contributed by atoms with E-state index in [4.69, 9.17) is 4.74 Å². The van der Waals surface area contributed by atoms with Crippen LogP contribution < -0.4 is 15.4 Å². The number of hydrogen-bond donors (Lipinski definition) is 2. The standard InChI is InChI=1S/C21H26N6O2/c1-15-7-8-17-5-2-6-19(20(17)24-15)29-11-10-23-21(28)18-14-27(26-25-18)13-16-4-3-9-22-12-16/h2,5-8,14,16,22H,3-4,9-13H2,1H3,(H,23,28)/t16-/m0/s1. The number of nitrogens with zero attached hydrogens (tertiary/aromatic N) is 4. The highest BCUT2D eigenvalue weighted by Gasteiger charge is 2.16. The predicted octanol–water partition coefficient (Wildman–Crippen LogP) is 1.94. The SMILES string of the molecule is Cc1ccc2cccc(OCCNC(=O)c3cn(C[C@H]4CCCNC4)nn3)c2n1. The van der Waals surface area contributed by atoms with Crippen molar-refractivity contribution < 1.29 is 9.53 Å². The Morgan fingerprint density at radius 1 is 1.34 bits per heavy atom. The molecule has 0 unspecified atom stereocenters. The van der Waals surface area contributed by atoms with Gasteiger partial charge in [-0.2, -0.15) is 0 Å². The summed E-state index contributed by atoms with van der Waals surface area (Å²) < 4.78 is 7.60. The number of rotatable bonds is 7. The molecule has 1 atom stereocenters. The molecule has 4 rings (SSSR count). The molecule has 0 bridgehead atoms. The molecule has 1 aliphatic heterocycles. The number of piperidine rings is 1. The van der Waals surface area contributed by atoms with Crippen LogP contribution >= 0.6 is 0 Å². The molecule has 2 aromatic heterocycles. The molecule has 2 N–H and O–H groups in total. The predicted molar refractivity (Wildman–Crippen MR) is 110 cm³/mol. The van der Waals surface area contributed by atoms with E-state index in [9.17, 15) is 4.79 Å². The molecule has 0 spiro atoms. The number of aryl methyl sites for hydroxylation is 1. The molecule has 3 aromatic rings. The smallest absolute Gasteiger partial charge is 0.273 e. The zero-order valence-corrected chi connectivity index (χ0v) is 16.6. The molecule has 8 nitrogen and oxygen atoms in total. The molecule has 1 aliphatic rings. The van der Waals surface area contributed by atoms with E-state index in [1.807, 2.05) is 37.3 Å². The Morgan fingerprint density at radius 2 is 2.28 bits per heavy atom. The number of nitrogens with one attached hydrogen (secondary N) is 2. The van der Waals surface area contributed by atoms with Crippen LogP contribution in [-0.2, 0) is 6.54 Å². The minimum Gasteiger partial charge on any atom is -0.489 e. The van der Waals surface area contributed by atoms with Crippen molar-refractivity contribution in [1.82, 2.24) is 30.6 Å². The lowest BCUT2D eigenvalue weighted by Crippen LogP contribution is -2.32. The van der Waals surface area contributed by atoms with E-state index >= 15 is 0 Å². The van der Waals surface area contributed by atoms with E-state index in [1.165, 1.54) is 12.8 Å². The van der Waals surface area contributed by atoms with E-state index in [1.54, 1.807) is 10.9 Å². The van der Waals surface area contributed by atoms with Crippen molar-refractivity contribution in [2.75, 3.05) is 26.2 Å². The summed E-state index contributed by atoms with van der Waals surface area (Å²) in [6.07, 6.45) is 4.06. The molecule has 3 heterocycles. The Morgan fingerprint density at radius 3 is 3.14 bits per heavy atom. The maximum Gasteiger partial charge on any atom is 0.273 e. The molecule has 0 aliphatic carbocycles. The Balaban J connectivity index is 1.27. The van der Waals surface area contributed by atoms with Crippen molar-refractivity contribution in [1.29, 1.82) is 0 Å². The number of carbonyl (C=O) groups is 1. The fraction of sp³-hybridized carbons (Fsp3) is 0.429. The average Bonchev–Trinajstić information content (AvgIpc) is 3.20. The van der Waals surface area contributed by atoms with Crippen molar-refractivity contribution in [3.8, 4) is 5.75 Å². The van der Waals surface area contributed by atoms with Gasteiger partial charge in [-0.05, 0) is 50.9 Å². The summed E-state index contributed by atoms with van der Waals surface area (Å²) >= 11 is 0. The molecule has 0 saturated carbocycles. The fourth-order valence-corrected chi connectivity index (χ4v) is 3.59. The van der Waals surface area contributed by atoms with Crippen molar-refractivity contribution in [2.24, 2.45) is 5.92 Å². The molecule has 152 valence electrons. The van der Waals surface area contributed by atoms with Crippen molar-refractivity contribution in [2.45, 2.75) is 26.3 Å². The van der Waals surface area contributed by atoms with Gasteiger partial charge in [0.2, 0.25) is 0 Å². The molecule has 1 amide bonds. The summed E-state index contributed by atoms with van der Waals surface area (Å²) in [6, 6.07) is 9.84. The third-order valence-electron chi connectivity index (χ3n) is 5.08. The van der Waals surface area contributed by atoms with Crippen LogP contribution in [0.25, 0.3) is 10.9 Å². The van der Waals surface area contributed by atoms with Gasteiger partial charge < -0.3 is 15.4 Å². The highest BCUT2D eigenvalue weighted by atomic mass is 16.5. The van der Waals surface area contributed by atoms with Gasteiger partial charge in [0.1, 0.15) is 17.9 Å². The summed E-state index contributed by atoms with van der Waals surface area (Å²) in [5, 5.41) is 15.3. The summed E-state index contributed by atoms with van der Waals surface area (Å²) in [5.41, 5.74) is 2.10. The van der Waals surface area contributed by atoms with Crippen LogP contribution in [0.3, 0.4) is 0 Å². The van der Waals surface area contributed by atoms with Crippen LogP contribution in [-0.4, -0.2) is 52.1 Å². The fourth-order valence-electron chi connectivity index (χ4n) is 3.59. The van der Waals surface area contributed by atoms with Gasteiger partial charge in [-0.3, -0.25) is 9.48 Å². The second kappa shape index (κ2) is 9.00. The number of amides is 1. The zero-order chi connectivity index (χ0) is 20.1. The average molecular weight is 394 g/mol. The van der Waals surface area contributed by atoms with Crippen LogP contribution in [0.5, 0.6) is 5.75 Å². The van der Waals surface area contributed by atoms with Gasteiger partial charge in [0.05, 0.1) is 12.7 Å². The van der Waals surface area contributed by atoms with Gasteiger partial charge in [0.15, 0.2) is 5.69 Å². The molecule has 1 aromatic carbocycles. The van der Waals surface area contributed by atoms with Crippen molar-refractivity contribution in [3.05, 3.63) is 47.9 Å². The first kappa shape index (κ1) is 19.3. The minimum absolute atomic E-state index is 0.242. The van der Waals surface area contributed by atoms with Crippen molar-refractivity contribution >= 4 is 16.8 Å². The summed E-state index contributed by atoms with van der Waals surface area (Å²) in [6.45, 7) is 5.53. The first-order chi connectivity index (χ1) is 14.2. The molecule has 1 saturated heterocycles. The first-order valence-electron chi connectivity index (χ1n) is 10.1. The van der Waals surface area contributed by atoms with Crippen LogP contribution in [0.2, 0.25) is 0 Å². The normalized spacial score (nSPS) is 16.7. The largest absolute Gasteiger partial charge is 0.489 e. The third-order valence-corrected chi connectivity index (χ3v) is 5.08. The quantitative estimate of drug-likeness (QED) is 0.595. The van der Waals surface area contributed by atoms with Gasteiger partial charge in [0.25, 0.3) is 5.91 Å². The Labute approximate surface area is 169 Å². The van der Waals surface area contributed by atoms with E-state index in [0.717, 1.165) is 36.2 Å². The van der Waals surface area contributed by atoms with E-state index < -0.39 is 0 Å². The number of fused-ring (bicyclic) bond motifs is 1. The zero-order valence-electron chi connectivity index (χ0n) is 16.6.